The van der Waals surface area contributed by atoms with Gasteiger partial charge < -0.3 is 10.8 Å². The smallest absolute Gasteiger partial charge is 0.371 e. The molecule has 86 valence electrons. The second-order valence-corrected chi connectivity index (χ2v) is 3.36. The lowest BCUT2D eigenvalue weighted by Gasteiger charge is -2.01. The largest absolute Gasteiger partial charge is 0.475 e. The van der Waals surface area contributed by atoms with Gasteiger partial charge in [-0.3, -0.25) is 0 Å². The van der Waals surface area contributed by atoms with Crippen LogP contribution in [-0.4, -0.2) is 16.9 Å². The minimum absolute atomic E-state index is 0.333. The Morgan fingerprint density at radius 2 is 2.29 bits per heavy atom. The zero-order valence-corrected chi connectivity index (χ0v) is 9.05. The van der Waals surface area contributed by atoms with Crippen LogP contribution in [0.1, 0.15) is 11.1 Å². The zero-order valence-electron chi connectivity index (χ0n) is 9.05. The average molecular weight is 229 g/mol. The maximum absolute atomic E-state index is 10.4. The number of aliphatic imine (C=N–C) groups is 1. The van der Waals surface area contributed by atoms with E-state index in [2.05, 4.69) is 11.6 Å². The summed E-state index contributed by atoms with van der Waals surface area (Å²) >= 11 is 0. The number of carboxylic acids is 1. The van der Waals surface area contributed by atoms with E-state index in [9.17, 15) is 4.79 Å². The van der Waals surface area contributed by atoms with Crippen molar-refractivity contribution in [3.8, 4) is 6.07 Å². The highest BCUT2D eigenvalue weighted by molar-refractivity contribution is 6.34. The first-order chi connectivity index (χ1) is 8.02. The van der Waals surface area contributed by atoms with Gasteiger partial charge in [0.2, 0.25) is 5.84 Å². The molecule has 0 atom stereocenters. The summed E-state index contributed by atoms with van der Waals surface area (Å²) in [5.74, 6) is -1.77. The SMILES string of the molecule is C=C(Cc1cccc(C#N)c1)/N=C(\N)C(=O)O. The standard InChI is InChI=1S/C12H11N3O2/c1-8(15-11(14)12(16)17)5-9-3-2-4-10(6-9)7-13/h2-4,6H,1,5H2,(H2,14,15)(H,16,17). The molecule has 0 aliphatic rings. The molecule has 0 unspecified atom stereocenters. The van der Waals surface area contributed by atoms with Crippen molar-refractivity contribution in [2.75, 3.05) is 0 Å². The molecule has 1 aromatic carbocycles. The monoisotopic (exact) mass is 229 g/mol. The molecule has 5 heteroatoms. The molecule has 0 aromatic heterocycles. The predicted octanol–water partition coefficient (Wildman–Crippen LogP) is 1.06. The van der Waals surface area contributed by atoms with Crippen LogP contribution >= 0.6 is 0 Å². The third-order valence-electron chi connectivity index (χ3n) is 1.96. The normalized spacial score (nSPS) is 10.6. The van der Waals surface area contributed by atoms with Crippen LogP contribution in [0.5, 0.6) is 0 Å². The van der Waals surface area contributed by atoms with Crippen LogP contribution in [0.25, 0.3) is 0 Å². The van der Waals surface area contributed by atoms with Crippen molar-refractivity contribution in [3.05, 3.63) is 47.7 Å². The number of rotatable bonds is 3. The summed E-state index contributed by atoms with van der Waals surface area (Å²) in [6.45, 7) is 3.61. The van der Waals surface area contributed by atoms with Crippen molar-refractivity contribution in [1.29, 1.82) is 5.26 Å². The molecule has 1 rings (SSSR count). The Morgan fingerprint density at radius 3 is 2.88 bits per heavy atom. The number of carbonyl (C=O) groups is 1. The number of nitrogens with zero attached hydrogens (tertiary/aromatic N) is 2. The Balaban J connectivity index is 2.79. The van der Waals surface area contributed by atoms with E-state index in [1.807, 2.05) is 6.07 Å². The molecule has 0 aliphatic heterocycles. The fraction of sp³-hybridized carbons (Fsp3) is 0.0833. The van der Waals surface area contributed by atoms with Crippen LogP contribution in [0.15, 0.2) is 41.5 Å². The van der Waals surface area contributed by atoms with E-state index in [0.717, 1.165) is 5.56 Å². The summed E-state index contributed by atoms with van der Waals surface area (Å²) in [7, 11) is 0. The Kier molecular flexibility index (Phi) is 4.01. The van der Waals surface area contributed by atoms with Gasteiger partial charge in [0.05, 0.1) is 11.6 Å². The van der Waals surface area contributed by atoms with Crippen molar-refractivity contribution < 1.29 is 9.90 Å². The Hall–Kier alpha value is -2.61. The summed E-state index contributed by atoms with van der Waals surface area (Å²) < 4.78 is 0. The first kappa shape index (κ1) is 12.5. The number of allylic oxidation sites excluding steroid dienone is 1. The summed E-state index contributed by atoms with van der Waals surface area (Å²) in [6.07, 6.45) is 0.351. The lowest BCUT2D eigenvalue weighted by atomic mass is 10.1. The summed E-state index contributed by atoms with van der Waals surface area (Å²) in [4.78, 5) is 14.1. The molecular formula is C12H11N3O2. The Labute approximate surface area is 98.5 Å². The lowest BCUT2D eigenvalue weighted by Crippen LogP contribution is -2.23. The van der Waals surface area contributed by atoms with Gasteiger partial charge in [0.15, 0.2) is 0 Å². The molecule has 0 saturated heterocycles. The van der Waals surface area contributed by atoms with E-state index < -0.39 is 11.8 Å². The molecule has 0 amide bonds. The predicted molar refractivity (Wildman–Crippen MR) is 63.3 cm³/mol. The van der Waals surface area contributed by atoms with Crippen LogP contribution in [-0.2, 0) is 11.2 Å². The topological polar surface area (TPSA) is 99.5 Å². The van der Waals surface area contributed by atoms with Gasteiger partial charge in [-0.2, -0.15) is 5.26 Å². The Morgan fingerprint density at radius 1 is 1.59 bits per heavy atom. The van der Waals surface area contributed by atoms with Crippen LogP contribution < -0.4 is 5.73 Å². The fourth-order valence-electron chi connectivity index (χ4n) is 1.24. The zero-order chi connectivity index (χ0) is 12.8. The minimum Gasteiger partial charge on any atom is -0.475 e. The quantitative estimate of drug-likeness (QED) is 0.597. The van der Waals surface area contributed by atoms with Crippen LogP contribution in [0, 0.1) is 11.3 Å². The molecule has 0 radical (unpaired) electrons. The molecular weight excluding hydrogens is 218 g/mol. The number of benzene rings is 1. The van der Waals surface area contributed by atoms with E-state index in [1.165, 1.54) is 0 Å². The van der Waals surface area contributed by atoms with Gasteiger partial charge >= 0.3 is 5.97 Å². The number of amidine groups is 1. The molecule has 0 aliphatic carbocycles. The average Bonchev–Trinajstić information content (AvgIpc) is 2.28. The van der Waals surface area contributed by atoms with Crippen LogP contribution in [0.2, 0.25) is 0 Å². The molecule has 3 N–H and O–H groups in total. The highest BCUT2D eigenvalue weighted by atomic mass is 16.4. The lowest BCUT2D eigenvalue weighted by molar-refractivity contribution is -0.129. The molecule has 0 saturated carbocycles. The number of nitrogens with two attached hydrogens (primary N) is 1. The molecule has 0 fully saturated rings. The number of aliphatic carboxylic acids is 1. The van der Waals surface area contributed by atoms with Crippen molar-refractivity contribution in [1.82, 2.24) is 0 Å². The van der Waals surface area contributed by atoms with Crippen molar-refractivity contribution in [2.45, 2.75) is 6.42 Å². The molecule has 17 heavy (non-hydrogen) atoms. The highest BCUT2D eigenvalue weighted by Crippen LogP contribution is 2.09. The van der Waals surface area contributed by atoms with E-state index in [4.69, 9.17) is 16.1 Å². The second kappa shape index (κ2) is 5.47. The van der Waals surface area contributed by atoms with Gasteiger partial charge in [0.1, 0.15) is 0 Å². The third kappa shape index (κ3) is 3.80. The number of nitriles is 1. The summed E-state index contributed by atoms with van der Waals surface area (Å²) in [5, 5.41) is 17.3. The van der Waals surface area contributed by atoms with Gasteiger partial charge in [0.25, 0.3) is 0 Å². The molecule has 5 nitrogen and oxygen atoms in total. The van der Waals surface area contributed by atoms with Gasteiger partial charge in [0, 0.05) is 12.1 Å². The molecule has 0 spiro atoms. The second-order valence-electron chi connectivity index (χ2n) is 3.36. The Bertz CT molecular complexity index is 527. The van der Waals surface area contributed by atoms with Crippen molar-refractivity contribution >= 4 is 11.8 Å². The number of hydrogen-bond donors (Lipinski definition) is 2. The minimum atomic E-state index is -1.28. The summed E-state index contributed by atoms with van der Waals surface area (Å²) in [6, 6.07) is 8.93. The fourth-order valence-corrected chi connectivity index (χ4v) is 1.24. The third-order valence-corrected chi connectivity index (χ3v) is 1.96. The molecule has 0 heterocycles. The van der Waals surface area contributed by atoms with E-state index in [-0.39, 0.29) is 0 Å². The first-order valence-corrected chi connectivity index (χ1v) is 4.77. The molecule has 1 aromatic rings. The maximum Gasteiger partial charge on any atom is 0.371 e. The van der Waals surface area contributed by atoms with Gasteiger partial charge in [-0.05, 0) is 17.7 Å². The number of hydrogen-bond acceptors (Lipinski definition) is 3. The van der Waals surface area contributed by atoms with E-state index >= 15 is 0 Å². The van der Waals surface area contributed by atoms with E-state index in [1.54, 1.807) is 24.3 Å². The van der Waals surface area contributed by atoms with Crippen molar-refractivity contribution in [3.63, 3.8) is 0 Å². The molecule has 0 bridgehead atoms. The maximum atomic E-state index is 10.4. The highest BCUT2D eigenvalue weighted by Gasteiger charge is 2.04. The summed E-state index contributed by atoms with van der Waals surface area (Å²) in [5.41, 5.74) is 6.86. The van der Waals surface area contributed by atoms with Crippen molar-refractivity contribution in [2.24, 2.45) is 10.7 Å². The van der Waals surface area contributed by atoms with Crippen LogP contribution in [0.4, 0.5) is 0 Å². The number of carboxylic acid groups (broad SMARTS) is 1. The van der Waals surface area contributed by atoms with Crippen LogP contribution in [0.3, 0.4) is 0 Å². The van der Waals surface area contributed by atoms with Gasteiger partial charge in [-0.1, -0.05) is 18.7 Å². The van der Waals surface area contributed by atoms with Gasteiger partial charge in [-0.15, -0.1) is 0 Å². The van der Waals surface area contributed by atoms with Gasteiger partial charge in [-0.25, -0.2) is 9.79 Å². The van der Waals surface area contributed by atoms with E-state index in [0.29, 0.717) is 17.7 Å². The first-order valence-electron chi connectivity index (χ1n) is 4.77.